The Morgan fingerprint density at radius 3 is 2.73 bits per heavy atom. The Balaban J connectivity index is 1.53. The summed E-state index contributed by atoms with van der Waals surface area (Å²) in [7, 11) is 0. The molecule has 0 aromatic heterocycles. The number of rotatable bonds is 8. The van der Waals surface area contributed by atoms with Gasteiger partial charge in [0.05, 0.1) is 17.7 Å². The van der Waals surface area contributed by atoms with Crippen LogP contribution in [-0.2, 0) is 0 Å². The standard InChI is InChI=1S/C25H29Cl2NO2/c1-2-3-4-5-6-12-30-17-10-11-23-20(15-17)18-8-7-9-19(18)24(28-23)21-13-16(26)14-22(27)25(21)29/h7-8,10-11,13-15,18-19,24,28-29H,2-6,9,12H2,1H3. The molecule has 0 amide bonds. The van der Waals surface area contributed by atoms with Gasteiger partial charge in [-0.2, -0.15) is 0 Å². The molecule has 30 heavy (non-hydrogen) atoms. The van der Waals surface area contributed by atoms with Gasteiger partial charge in [0, 0.05) is 22.2 Å². The Bertz CT molecular complexity index is 928. The fraction of sp³-hybridized carbons (Fsp3) is 0.440. The van der Waals surface area contributed by atoms with Gasteiger partial charge in [0.15, 0.2) is 0 Å². The number of phenolic OH excluding ortho intramolecular Hbond substituents is 1. The minimum absolute atomic E-state index is 0.0564. The quantitative estimate of drug-likeness (QED) is 0.320. The molecule has 1 aliphatic heterocycles. The zero-order chi connectivity index (χ0) is 21.1. The third-order valence-electron chi connectivity index (χ3n) is 6.24. The summed E-state index contributed by atoms with van der Waals surface area (Å²) in [5.74, 6) is 1.60. The predicted molar refractivity (Wildman–Crippen MR) is 125 cm³/mol. The summed E-state index contributed by atoms with van der Waals surface area (Å²) >= 11 is 12.4. The number of unbranched alkanes of at least 4 members (excludes halogenated alkanes) is 4. The van der Waals surface area contributed by atoms with Crippen molar-refractivity contribution in [2.24, 2.45) is 5.92 Å². The molecule has 0 radical (unpaired) electrons. The van der Waals surface area contributed by atoms with Crippen molar-refractivity contribution in [1.29, 1.82) is 0 Å². The van der Waals surface area contributed by atoms with Gasteiger partial charge in [-0.1, -0.05) is 68.0 Å². The number of allylic oxidation sites excluding steroid dienone is 2. The van der Waals surface area contributed by atoms with Crippen LogP contribution in [0.1, 0.15) is 68.5 Å². The number of anilines is 1. The molecule has 2 N–H and O–H groups in total. The third kappa shape index (κ3) is 4.43. The number of nitrogens with one attached hydrogen (secondary N) is 1. The van der Waals surface area contributed by atoms with Crippen molar-refractivity contribution in [1.82, 2.24) is 0 Å². The number of benzene rings is 2. The van der Waals surface area contributed by atoms with Crippen molar-refractivity contribution in [2.45, 2.75) is 57.4 Å². The van der Waals surface area contributed by atoms with Gasteiger partial charge in [-0.3, -0.25) is 0 Å². The molecule has 5 heteroatoms. The van der Waals surface area contributed by atoms with E-state index in [0.29, 0.717) is 10.9 Å². The SMILES string of the molecule is CCCCCCCOc1ccc2c(c1)C1C=CCC1C(c1cc(Cl)cc(Cl)c1O)N2. The number of hydrogen-bond acceptors (Lipinski definition) is 3. The Morgan fingerprint density at radius 2 is 1.90 bits per heavy atom. The Hall–Kier alpha value is -1.84. The number of ether oxygens (including phenoxy) is 1. The van der Waals surface area contributed by atoms with E-state index < -0.39 is 0 Å². The Labute approximate surface area is 189 Å². The normalized spacial score (nSPS) is 21.8. The highest BCUT2D eigenvalue weighted by molar-refractivity contribution is 6.35. The van der Waals surface area contributed by atoms with Crippen molar-refractivity contribution >= 4 is 28.9 Å². The van der Waals surface area contributed by atoms with Crippen molar-refractivity contribution in [3.05, 3.63) is 63.7 Å². The van der Waals surface area contributed by atoms with Gasteiger partial charge in [0.2, 0.25) is 0 Å². The Kier molecular flexibility index (Phi) is 6.80. The molecule has 3 unspecified atom stereocenters. The van der Waals surface area contributed by atoms with Gasteiger partial charge in [-0.15, -0.1) is 0 Å². The van der Waals surface area contributed by atoms with E-state index >= 15 is 0 Å². The highest BCUT2D eigenvalue weighted by atomic mass is 35.5. The highest BCUT2D eigenvalue weighted by Crippen LogP contribution is 2.52. The fourth-order valence-corrected chi connectivity index (χ4v) is 5.20. The molecule has 3 nitrogen and oxygen atoms in total. The summed E-state index contributed by atoms with van der Waals surface area (Å²) in [6.07, 6.45) is 11.6. The molecule has 4 rings (SSSR count). The van der Waals surface area contributed by atoms with Crippen LogP contribution in [0.3, 0.4) is 0 Å². The maximum Gasteiger partial charge on any atom is 0.139 e. The van der Waals surface area contributed by atoms with Crippen LogP contribution in [0.15, 0.2) is 42.5 Å². The van der Waals surface area contributed by atoms with Crippen molar-refractivity contribution in [3.63, 3.8) is 0 Å². The molecule has 2 aliphatic rings. The van der Waals surface area contributed by atoms with E-state index in [-0.39, 0.29) is 22.7 Å². The van der Waals surface area contributed by atoms with E-state index in [1.165, 1.54) is 31.2 Å². The average molecular weight is 446 g/mol. The van der Waals surface area contributed by atoms with E-state index in [2.05, 4.69) is 36.5 Å². The molecule has 2 aromatic rings. The second kappa shape index (κ2) is 9.53. The summed E-state index contributed by atoms with van der Waals surface area (Å²) in [6, 6.07) is 9.62. The second-order valence-corrected chi connectivity index (χ2v) is 9.16. The van der Waals surface area contributed by atoms with Crippen LogP contribution in [0, 0.1) is 5.92 Å². The van der Waals surface area contributed by atoms with Crippen LogP contribution in [0.2, 0.25) is 10.0 Å². The predicted octanol–water partition coefficient (Wildman–Crippen LogP) is 7.87. The van der Waals surface area contributed by atoms with Crippen LogP contribution in [0.25, 0.3) is 0 Å². The summed E-state index contributed by atoms with van der Waals surface area (Å²) in [5, 5.41) is 15.0. The minimum Gasteiger partial charge on any atom is -0.506 e. The minimum atomic E-state index is -0.0564. The summed E-state index contributed by atoms with van der Waals surface area (Å²) < 4.78 is 6.04. The first-order valence-electron chi connectivity index (χ1n) is 11.0. The van der Waals surface area contributed by atoms with Gasteiger partial charge >= 0.3 is 0 Å². The first-order chi connectivity index (χ1) is 14.6. The summed E-state index contributed by atoms with van der Waals surface area (Å²) in [6.45, 7) is 2.99. The van der Waals surface area contributed by atoms with Crippen molar-refractivity contribution < 1.29 is 9.84 Å². The van der Waals surface area contributed by atoms with Crippen LogP contribution < -0.4 is 10.1 Å². The smallest absolute Gasteiger partial charge is 0.139 e. The zero-order valence-corrected chi connectivity index (χ0v) is 18.8. The number of fused-ring (bicyclic) bond motifs is 3. The van der Waals surface area contributed by atoms with Crippen molar-refractivity contribution in [2.75, 3.05) is 11.9 Å². The molecule has 0 saturated heterocycles. The largest absolute Gasteiger partial charge is 0.506 e. The summed E-state index contributed by atoms with van der Waals surface area (Å²) in [5.41, 5.74) is 3.07. The lowest BCUT2D eigenvalue weighted by atomic mass is 9.77. The maximum atomic E-state index is 10.6. The number of aromatic hydroxyl groups is 1. The van der Waals surface area contributed by atoms with Gasteiger partial charge in [0.1, 0.15) is 11.5 Å². The molecule has 160 valence electrons. The lowest BCUT2D eigenvalue weighted by Gasteiger charge is -2.38. The maximum absolute atomic E-state index is 10.6. The number of phenols is 1. The van der Waals surface area contributed by atoms with Crippen LogP contribution in [-0.4, -0.2) is 11.7 Å². The lowest BCUT2D eigenvalue weighted by molar-refractivity contribution is 0.303. The average Bonchev–Trinajstić information content (AvgIpc) is 3.23. The molecular weight excluding hydrogens is 417 g/mol. The summed E-state index contributed by atoms with van der Waals surface area (Å²) in [4.78, 5) is 0. The molecule has 1 heterocycles. The molecule has 3 atom stereocenters. The molecule has 1 aliphatic carbocycles. The van der Waals surface area contributed by atoms with E-state index in [4.69, 9.17) is 27.9 Å². The fourth-order valence-electron chi connectivity index (χ4n) is 4.69. The van der Waals surface area contributed by atoms with Gasteiger partial charge < -0.3 is 15.2 Å². The monoisotopic (exact) mass is 445 g/mol. The van der Waals surface area contributed by atoms with Crippen molar-refractivity contribution in [3.8, 4) is 11.5 Å². The zero-order valence-electron chi connectivity index (χ0n) is 17.3. The van der Waals surface area contributed by atoms with E-state index in [9.17, 15) is 5.11 Å². The molecule has 0 spiro atoms. The van der Waals surface area contributed by atoms with E-state index in [1.54, 1.807) is 6.07 Å². The van der Waals surface area contributed by atoms with Crippen LogP contribution in [0.5, 0.6) is 11.5 Å². The van der Waals surface area contributed by atoms with Crippen LogP contribution >= 0.6 is 23.2 Å². The molecular formula is C25H29Cl2NO2. The Morgan fingerprint density at radius 1 is 1.07 bits per heavy atom. The first-order valence-corrected chi connectivity index (χ1v) is 11.7. The molecule has 0 bridgehead atoms. The number of halogens is 2. The third-order valence-corrected chi connectivity index (χ3v) is 6.75. The highest BCUT2D eigenvalue weighted by Gasteiger charge is 2.39. The van der Waals surface area contributed by atoms with Gasteiger partial charge in [0.25, 0.3) is 0 Å². The molecule has 0 saturated carbocycles. The first kappa shape index (κ1) is 21.4. The van der Waals surface area contributed by atoms with E-state index in [1.807, 2.05) is 12.1 Å². The van der Waals surface area contributed by atoms with Crippen LogP contribution in [0.4, 0.5) is 5.69 Å². The second-order valence-electron chi connectivity index (χ2n) is 8.31. The van der Waals surface area contributed by atoms with E-state index in [0.717, 1.165) is 36.4 Å². The van der Waals surface area contributed by atoms with Gasteiger partial charge in [-0.05, 0) is 54.7 Å². The number of hydrogen-bond donors (Lipinski definition) is 2. The molecule has 0 fully saturated rings. The van der Waals surface area contributed by atoms with Gasteiger partial charge in [-0.25, -0.2) is 0 Å². The molecule has 2 aromatic carbocycles. The topological polar surface area (TPSA) is 41.5 Å². The lowest BCUT2D eigenvalue weighted by Crippen LogP contribution is -2.29.